The number of ether oxygens (including phenoxy) is 2. The molecule has 94 valence electrons. The van der Waals surface area contributed by atoms with E-state index in [1.807, 2.05) is 0 Å². The SMILES string of the molecule is COC(=O)c1ncc(C)c(OC(F)(F)F)c1I. The molecule has 0 unspecified atom stereocenters. The van der Waals surface area contributed by atoms with Crippen LogP contribution in [0, 0.1) is 10.5 Å². The van der Waals surface area contributed by atoms with Gasteiger partial charge in [0.05, 0.1) is 10.7 Å². The summed E-state index contributed by atoms with van der Waals surface area (Å²) >= 11 is 1.56. The Morgan fingerprint density at radius 3 is 2.53 bits per heavy atom. The topological polar surface area (TPSA) is 48.4 Å². The molecule has 17 heavy (non-hydrogen) atoms. The smallest absolute Gasteiger partial charge is 0.464 e. The summed E-state index contributed by atoms with van der Waals surface area (Å²) in [4.78, 5) is 14.9. The van der Waals surface area contributed by atoms with Gasteiger partial charge in [-0.15, -0.1) is 13.2 Å². The molecular weight excluding hydrogens is 354 g/mol. The zero-order valence-corrected chi connectivity index (χ0v) is 10.9. The third-order valence-corrected chi connectivity index (χ3v) is 2.75. The summed E-state index contributed by atoms with van der Waals surface area (Å²) in [5, 5.41) is 0. The van der Waals surface area contributed by atoms with Crippen LogP contribution in [0.15, 0.2) is 6.20 Å². The zero-order chi connectivity index (χ0) is 13.2. The molecule has 1 rings (SSSR count). The van der Waals surface area contributed by atoms with E-state index < -0.39 is 18.1 Å². The molecule has 0 spiro atoms. The number of hydrogen-bond acceptors (Lipinski definition) is 4. The second-order valence-electron chi connectivity index (χ2n) is 2.97. The number of rotatable bonds is 2. The number of aryl methyl sites for hydroxylation is 1. The number of esters is 1. The van der Waals surface area contributed by atoms with Gasteiger partial charge in [0, 0.05) is 11.8 Å². The molecule has 0 aliphatic rings. The number of nitrogens with zero attached hydrogens (tertiary/aromatic N) is 1. The van der Waals surface area contributed by atoms with Gasteiger partial charge >= 0.3 is 12.3 Å². The molecule has 0 saturated carbocycles. The van der Waals surface area contributed by atoms with Crippen LogP contribution in [0.5, 0.6) is 5.75 Å². The highest BCUT2D eigenvalue weighted by atomic mass is 127. The fourth-order valence-electron chi connectivity index (χ4n) is 1.04. The summed E-state index contributed by atoms with van der Waals surface area (Å²) in [5.41, 5.74) is -0.0303. The van der Waals surface area contributed by atoms with Crippen molar-refractivity contribution >= 4 is 28.6 Å². The molecule has 0 bridgehead atoms. The molecule has 0 amide bonds. The van der Waals surface area contributed by atoms with Crippen molar-refractivity contribution in [3.05, 3.63) is 21.0 Å². The van der Waals surface area contributed by atoms with E-state index in [0.717, 1.165) is 13.3 Å². The first-order valence-electron chi connectivity index (χ1n) is 4.25. The van der Waals surface area contributed by atoms with Crippen molar-refractivity contribution in [1.82, 2.24) is 4.98 Å². The van der Waals surface area contributed by atoms with Gasteiger partial charge in [0.25, 0.3) is 0 Å². The lowest BCUT2D eigenvalue weighted by Gasteiger charge is -2.14. The van der Waals surface area contributed by atoms with Gasteiger partial charge in [-0.1, -0.05) is 0 Å². The fraction of sp³-hybridized carbons (Fsp3) is 0.333. The molecule has 1 aromatic rings. The Bertz CT molecular complexity index is 448. The highest BCUT2D eigenvalue weighted by molar-refractivity contribution is 14.1. The molecule has 0 atom stereocenters. The minimum absolute atomic E-state index is 0.0354. The van der Waals surface area contributed by atoms with E-state index in [0.29, 0.717) is 0 Å². The average Bonchev–Trinajstić information content (AvgIpc) is 2.22. The number of methoxy groups -OCH3 is 1. The molecule has 0 saturated heterocycles. The Balaban J connectivity index is 3.25. The summed E-state index contributed by atoms with van der Waals surface area (Å²) in [6.07, 6.45) is -3.70. The number of alkyl halides is 3. The van der Waals surface area contributed by atoms with E-state index in [1.165, 1.54) is 6.92 Å². The molecule has 0 radical (unpaired) electrons. The van der Waals surface area contributed by atoms with Crippen LogP contribution in [0.3, 0.4) is 0 Å². The summed E-state index contributed by atoms with van der Waals surface area (Å²) in [7, 11) is 1.12. The summed E-state index contributed by atoms with van der Waals surface area (Å²) in [6, 6.07) is 0. The Kier molecular flexibility index (Phi) is 4.17. The molecule has 0 N–H and O–H groups in total. The number of carbonyl (C=O) groups excluding carboxylic acids is 1. The first kappa shape index (κ1) is 14.0. The molecular formula is C9H7F3INO3. The standard InChI is InChI=1S/C9H7F3INO3/c1-4-3-14-6(8(15)16-2)5(13)7(4)17-9(10,11)12/h3H,1-2H3. The van der Waals surface area contributed by atoms with Crippen molar-refractivity contribution in [2.75, 3.05) is 7.11 Å². The maximum Gasteiger partial charge on any atom is 0.573 e. The van der Waals surface area contributed by atoms with Crippen molar-refractivity contribution < 1.29 is 27.4 Å². The van der Waals surface area contributed by atoms with E-state index in [2.05, 4.69) is 14.5 Å². The van der Waals surface area contributed by atoms with Gasteiger partial charge in [-0.05, 0) is 29.5 Å². The Morgan fingerprint density at radius 1 is 1.47 bits per heavy atom. The van der Waals surface area contributed by atoms with Crippen LogP contribution in [-0.4, -0.2) is 24.4 Å². The Morgan fingerprint density at radius 2 is 2.06 bits per heavy atom. The van der Waals surface area contributed by atoms with Crippen LogP contribution in [-0.2, 0) is 4.74 Å². The fourth-order valence-corrected chi connectivity index (χ4v) is 1.93. The number of pyridine rings is 1. The van der Waals surface area contributed by atoms with Gasteiger partial charge in [0.2, 0.25) is 0 Å². The van der Waals surface area contributed by atoms with Gasteiger partial charge in [0.15, 0.2) is 5.69 Å². The molecule has 1 aromatic heterocycles. The Labute approximate surface area is 108 Å². The third-order valence-electron chi connectivity index (χ3n) is 1.75. The summed E-state index contributed by atoms with van der Waals surface area (Å²) in [6.45, 7) is 1.40. The van der Waals surface area contributed by atoms with Gasteiger partial charge < -0.3 is 9.47 Å². The number of hydrogen-bond donors (Lipinski definition) is 0. The van der Waals surface area contributed by atoms with Gasteiger partial charge in [-0.25, -0.2) is 9.78 Å². The van der Waals surface area contributed by atoms with Crippen molar-refractivity contribution in [1.29, 1.82) is 0 Å². The molecule has 0 aliphatic carbocycles. The minimum atomic E-state index is -4.82. The third kappa shape index (κ3) is 3.45. The predicted molar refractivity (Wildman–Crippen MR) is 59.7 cm³/mol. The first-order chi connectivity index (χ1) is 7.76. The normalized spacial score (nSPS) is 11.2. The molecule has 0 fully saturated rings. The van der Waals surface area contributed by atoms with E-state index in [-0.39, 0.29) is 14.8 Å². The lowest BCUT2D eigenvalue weighted by Crippen LogP contribution is -2.20. The number of aromatic nitrogens is 1. The summed E-state index contributed by atoms with van der Waals surface area (Å²) < 4.78 is 44.7. The van der Waals surface area contributed by atoms with Crippen molar-refractivity contribution in [2.24, 2.45) is 0 Å². The second kappa shape index (κ2) is 5.07. The van der Waals surface area contributed by atoms with Crippen molar-refractivity contribution in [3.63, 3.8) is 0 Å². The van der Waals surface area contributed by atoms with Crippen LogP contribution in [0.4, 0.5) is 13.2 Å². The number of carbonyl (C=O) groups is 1. The maximum atomic E-state index is 12.2. The quantitative estimate of drug-likeness (QED) is 0.601. The molecule has 0 aromatic carbocycles. The second-order valence-corrected chi connectivity index (χ2v) is 4.05. The van der Waals surface area contributed by atoms with Gasteiger partial charge in [0.1, 0.15) is 5.75 Å². The van der Waals surface area contributed by atoms with E-state index >= 15 is 0 Å². The van der Waals surface area contributed by atoms with Crippen molar-refractivity contribution in [3.8, 4) is 5.75 Å². The van der Waals surface area contributed by atoms with Crippen LogP contribution in [0.25, 0.3) is 0 Å². The monoisotopic (exact) mass is 361 g/mol. The largest absolute Gasteiger partial charge is 0.573 e. The van der Waals surface area contributed by atoms with Crippen LogP contribution in [0.1, 0.15) is 16.1 Å². The molecule has 4 nitrogen and oxygen atoms in total. The van der Waals surface area contributed by atoms with E-state index in [1.54, 1.807) is 22.6 Å². The lowest BCUT2D eigenvalue weighted by molar-refractivity contribution is -0.275. The first-order valence-corrected chi connectivity index (χ1v) is 5.33. The minimum Gasteiger partial charge on any atom is -0.464 e. The van der Waals surface area contributed by atoms with Crippen LogP contribution >= 0.6 is 22.6 Å². The Hall–Kier alpha value is -1.06. The zero-order valence-electron chi connectivity index (χ0n) is 8.76. The predicted octanol–water partition coefficient (Wildman–Crippen LogP) is 2.68. The highest BCUT2D eigenvalue weighted by Gasteiger charge is 2.34. The van der Waals surface area contributed by atoms with Gasteiger partial charge in [-0.3, -0.25) is 0 Å². The van der Waals surface area contributed by atoms with E-state index in [4.69, 9.17) is 0 Å². The van der Waals surface area contributed by atoms with Crippen LogP contribution < -0.4 is 4.74 Å². The lowest BCUT2D eigenvalue weighted by atomic mass is 10.2. The summed E-state index contributed by atoms with van der Waals surface area (Å²) in [5.74, 6) is -1.25. The average molecular weight is 361 g/mol. The highest BCUT2D eigenvalue weighted by Crippen LogP contribution is 2.32. The molecule has 8 heteroatoms. The molecule has 1 heterocycles. The van der Waals surface area contributed by atoms with E-state index in [9.17, 15) is 18.0 Å². The van der Waals surface area contributed by atoms with Crippen LogP contribution in [0.2, 0.25) is 0 Å². The number of halogens is 4. The molecule has 0 aliphatic heterocycles. The van der Waals surface area contributed by atoms with Crippen molar-refractivity contribution in [2.45, 2.75) is 13.3 Å². The maximum absolute atomic E-state index is 12.2. The van der Waals surface area contributed by atoms with Gasteiger partial charge in [-0.2, -0.15) is 0 Å².